The van der Waals surface area contributed by atoms with Gasteiger partial charge in [0.15, 0.2) is 0 Å². The van der Waals surface area contributed by atoms with Gasteiger partial charge in [-0.2, -0.15) is 0 Å². The minimum Gasteiger partial charge on any atom is -0.324 e. The van der Waals surface area contributed by atoms with Gasteiger partial charge in [-0.15, -0.1) is 0 Å². The number of benzene rings is 1. The fourth-order valence-electron chi connectivity index (χ4n) is 1.44. The van der Waals surface area contributed by atoms with Crippen LogP contribution in [0.5, 0.6) is 0 Å². The van der Waals surface area contributed by atoms with Crippen molar-refractivity contribution in [2.75, 3.05) is 0 Å². The summed E-state index contributed by atoms with van der Waals surface area (Å²) in [6.45, 7) is 4.42. The fourth-order valence-corrected chi connectivity index (χ4v) is 1.72. The van der Waals surface area contributed by atoms with E-state index in [1.807, 2.05) is 24.3 Å². The molecule has 0 unspecified atom stereocenters. The lowest BCUT2D eigenvalue weighted by molar-refractivity contribution is 0.507. The summed E-state index contributed by atoms with van der Waals surface area (Å²) in [7, 11) is 0. The van der Waals surface area contributed by atoms with Gasteiger partial charge in [0.2, 0.25) is 0 Å². The lowest BCUT2D eigenvalue weighted by Gasteiger charge is -2.14. The highest BCUT2D eigenvalue weighted by molar-refractivity contribution is 6.31. The summed E-state index contributed by atoms with van der Waals surface area (Å²) < 4.78 is 0. The first-order chi connectivity index (χ1) is 6.61. The van der Waals surface area contributed by atoms with Crippen LogP contribution in [0.3, 0.4) is 0 Å². The summed E-state index contributed by atoms with van der Waals surface area (Å²) in [6.07, 6.45) is 2.15. The van der Waals surface area contributed by atoms with E-state index >= 15 is 0 Å². The van der Waals surface area contributed by atoms with Gasteiger partial charge < -0.3 is 5.73 Å². The second-order valence-electron chi connectivity index (χ2n) is 4.10. The van der Waals surface area contributed by atoms with E-state index in [-0.39, 0.29) is 6.04 Å². The average Bonchev–Trinajstić information content (AvgIpc) is 2.15. The quantitative estimate of drug-likeness (QED) is 0.806. The van der Waals surface area contributed by atoms with Crippen LogP contribution < -0.4 is 5.73 Å². The zero-order valence-corrected chi connectivity index (χ0v) is 9.59. The molecule has 2 N–H and O–H groups in total. The summed E-state index contributed by atoms with van der Waals surface area (Å²) in [5.74, 6) is 0.698. The highest BCUT2D eigenvalue weighted by Crippen LogP contribution is 2.25. The molecule has 0 aliphatic heterocycles. The van der Waals surface area contributed by atoms with Gasteiger partial charge >= 0.3 is 0 Å². The summed E-state index contributed by atoms with van der Waals surface area (Å²) in [4.78, 5) is 0. The molecule has 1 atom stereocenters. The van der Waals surface area contributed by atoms with Gasteiger partial charge in [-0.05, 0) is 30.4 Å². The van der Waals surface area contributed by atoms with E-state index in [2.05, 4.69) is 13.8 Å². The van der Waals surface area contributed by atoms with Gasteiger partial charge in [0.25, 0.3) is 0 Å². The van der Waals surface area contributed by atoms with Crippen molar-refractivity contribution >= 4 is 11.6 Å². The van der Waals surface area contributed by atoms with Gasteiger partial charge in [-0.3, -0.25) is 0 Å². The number of halogens is 1. The Labute approximate surface area is 91.3 Å². The Morgan fingerprint density at radius 1 is 1.21 bits per heavy atom. The van der Waals surface area contributed by atoms with E-state index in [0.717, 1.165) is 23.4 Å². The largest absolute Gasteiger partial charge is 0.324 e. The van der Waals surface area contributed by atoms with Crippen LogP contribution in [-0.2, 0) is 0 Å². The molecular weight excluding hydrogens is 194 g/mol. The van der Waals surface area contributed by atoms with E-state index in [1.54, 1.807) is 0 Å². The highest BCUT2D eigenvalue weighted by atomic mass is 35.5. The van der Waals surface area contributed by atoms with E-state index in [4.69, 9.17) is 17.3 Å². The molecule has 0 fully saturated rings. The van der Waals surface area contributed by atoms with Gasteiger partial charge in [-0.1, -0.05) is 43.6 Å². The Morgan fingerprint density at radius 2 is 1.86 bits per heavy atom. The summed E-state index contributed by atoms with van der Waals surface area (Å²) in [5, 5.41) is 0.781. The van der Waals surface area contributed by atoms with Crippen molar-refractivity contribution in [2.24, 2.45) is 11.7 Å². The van der Waals surface area contributed by atoms with Crippen LogP contribution >= 0.6 is 11.6 Å². The fraction of sp³-hybridized carbons (Fsp3) is 0.500. The standard InChI is InChI=1S/C12H18ClN/c1-9(2)7-8-12(14)10-5-3-4-6-11(10)13/h3-6,9,12H,7-8,14H2,1-2H3/t12-/m0/s1. The van der Waals surface area contributed by atoms with Crippen molar-refractivity contribution in [3.8, 4) is 0 Å². The molecule has 0 spiro atoms. The predicted molar refractivity (Wildman–Crippen MR) is 62.5 cm³/mol. The number of rotatable bonds is 4. The zero-order valence-electron chi connectivity index (χ0n) is 8.83. The van der Waals surface area contributed by atoms with Crippen molar-refractivity contribution < 1.29 is 0 Å². The maximum Gasteiger partial charge on any atom is 0.0453 e. The van der Waals surface area contributed by atoms with Crippen LogP contribution in [0.4, 0.5) is 0 Å². The minimum absolute atomic E-state index is 0.0751. The molecule has 14 heavy (non-hydrogen) atoms. The first kappa shape index (κ1) is 11.5. The Balaban J connectivity index is 2.60. The molecule has 0 aliphatic carbocycles. The Morgan fingerprint density at radius 3 is 2.43 bits per heavy atom. The van der Waals surface area contributed by atoms with Gasteiger partial charge in [0, 0.05) is 11.1 Å². The predicted octanol–water partition coefficient (Wildman–Crippen LogP) is 3.78. The van der Waals surface area contributed by atoms with Gasteiger partial charge in [0.1, 0.15) is 0 Å². The third kappa shape index (κ3) is 3.32. The summed E-state index contributed by atoms with van der Waals surface area (Å²) in [5.41, 5.74) is 7.12. The average molecular weight is 212 g/mol. The first-order valence-electron chi connectivity index (χ1n) is 5.11. The second-order valence-corrected chi connectivity index (χ2v) is 4.51. The molecule has 0 aliphatic rings. The van der Waals surface area contributed by atoms with Crippen molar-refractivity contribution in [2.45, 2.75) is 32.7 Å². The van der Waals surface area contributed by atoms with Crippen molar-refractivity contribution in [1.29, 1.82) is 0 Å². The molecule has 0 heterocycles. The molecule has 0 radical (unpaired) electrons. The molecule has 1 rings (SSSR count). The number of hydrogen-bond acceptors (Lipinski definition) is 1. The van der Waals surface area contributed by atoms with E-state index in [1.165, 1.54) is 0 Å². The Bertz CT molecular complexity index is 283. The van der Waals surface area contributed by atoms with E-state index in [0.29, 0.717) is 5.92 Å². The summed E-state index contributed by atoms with van der Waals surface area (Å²) >= 11 is 6.05. The second kappa shape index (κ2) is 5.38. The smallest absolute Gasteiger partial charge is 0.0453 e. The third-order valence-electron chi connectivity index (χ3n) is 2.36. The van der Waals surface area contributed by atoms with Crippen molar-refractivity contribution in [3.05, 3.63) is 34.9 Å². The highest BCUT2D eigenvalue weighted by Gasteiger charge is 2.09. The lowest BCUT2D eigenvalue weighted by Crippen LogP contribution is -2.11. The van der Waals surface area contributed by atoms with Crippen LogP contribution in [0.15, 0.2) is 24.3 Å². The Kier molecular flexibility index (Phi) is 4.43. The van der Waals surface area contributed by atoms with Gasteiger partial charge in [0.05, 0.1) is 0 Å². The maximum absolute atomic E-state index is 6.06. The molecule has 2 heteroatoms. The van der Waals surface area contributed by atoms with Crippen LogP contribution in [0.2, 0.25) is 5.02 Å². The monoisotopic (exact) mass is 211 g/mol. The molecule has 0 saturated heterocycles. The molecule has 0 amide bonds. The van der Waals surface area contributed by atoms with Crippen LogP contribution in [0, 0.1) is 5.92 Å². The normalized spacial score (nSPS) is 13.2. The topological polar surface area (TPSA) is 26.0 Å². The first-order valence-corrected chi connectivity index (χ1v) is 5.49. The molecule has 1 aromatic carbocycles. The van der Waals surface area contributed by atoms with Crippen LogP contribution in [0.1, 0.15) is 38.3 Å². The van der Waals surface area contributed by atoms with E-state index < -0.39 is 0 Å². The molecule has 1 aromatic rings. The van der Waals surface area contributed by atoms with Crippen molar-refractivity contribution in [1.82, 2.24) is 0 Å². The molecule has 0 bridgehead atoms. The molecule has 0 saturated carbocycles. The zero-order chi connectivity index (χ0) is 10.6. The third-order valence-corrected chi connectivity index (χ3v) is 2.70. The SMILES string of the molecule is CC(C)CC[C@H](N)c1ccccc1Cl. The molecule has 0 aromatic heterocycles. The summed E-state index contributed by atoms with van der Waals surface area (Å²) in [6, 6.07) is 7.89. The number of hydrogen-bond donors (Lipinski definition) is 1. The van der Waals surface area contributed by atoms with Gasteiger partial charge in [-0.25, -0.2) is 0 Å². The van der Waals surface area contributed by atoms with Crippen LogP contribution in [0.25, 0.3) is 0 Å². The number of nitrogens with two attached hydrogens (primary N) is 1. The maximum atomic E-state index is 6.06. The minimum atomic E-state index is 0.0751. The molecular formula is C12H18ClN. The van der Waals surface area contributed by atoms with Crippen LogP contribution in [-0.4, -0.2) is 0 Å². The Hall–Kier alpha value is -0.530. The van der Waals surface area contributed by atoms with Crippen molar-refractivity contribution in [3.63, 3.8) is 0 Å². The van der Waals surface area contributed by atoms with E-state index in [9.17, 15) is 0 Å². The lowest BCUT2D eigenvalue weighted by atomic mass is 9.98. The molecule has 78 valence electrons. The molecule has 1 nitrogen and oxygen atoms in total.